The van der Waals surface area contributed by atoms with Gasteiger partial charge in [-0.25, -0.2) is 4.79 Å². The molecule has 1 heterocycles. The fourth-order valence-electron chi connectivity index (χ4n) is 1.31. The van der Waals surface area contributed by atoms with Crippen molar-refractivity contribution in [2.75, 3.05) is 0 Å². The van der Waals surface area contributed by atoms with E-state index in [0.29, 0.717) is 0 Å². The Morgan fingerprint density at radius 2 is 2.06 bits per heavy atom. The van der Waals surface area contributed by atoms with Crippen LogP contribution in [0.2, 0.25) is 5.22 Å². The molecule has 1 aromatic rings. The van der Waals surface area contributed by atoms with Crippen LogP contribution in [0.3, 0.4) is 0 Å². The van der Waals surface area contributed by atoms with Crippen molar-refractivity contribution >= 4 is 23.5 Å². The van der Waals surface area contributed by atoms with Crippen LogP contribution in [0.25, 0.3) is 0 Å². The minimum absolute atomic E-state index is 0.0550. The second-order valence-electron chi connectivity index (χ2n) is 4.72. The molecule has 0 aliphatic carbocycles. The van der Waals surface area contributed by atoms with Crippen LogP contribution in [-0.4, -0.2) is 23.0 Å². The van der Waals surface area contributed by atoms with Gasteiger partial charge in [-0.2, -0.15) is 0 Å². The van der Waals surface area contributed by atoms with Gasteiger partial charge < -0.3 is 14.8 Å². The first kappa shape index (κ1) is 13.6. The standard InChI is InChI=1S/C11H14ClNO4/c1-11(2,3)7(10(15)16)13-9(14)6-4-5-17-8(6)12/h4-5,7H,1-3H3,(H,13,14)(H,15,16)/t7-/m1/s1. The molecule has 0 aliphatic rings. The zero-order chi connectivity index (χ0) is 13.2. The summed E-state index contributed by atoms with van der Waals surface area (Å²) in [7, 11) is 0. The number of hydrogen-bond acceptors (Lipinski definition) is 3. The fourth-order valence-corrected chi connectivity index (χ4v) is 1.51. The van der Waals surface area contributed by atoms with Gasteiger partial charge in [-0.3, -0.25) is 4.79 Å². The average molecular weight is 260 g/mol. The van der Waals surface area contributed by atoms with E-state index in [-0.39, 0.29) is 10.8 Å². The number of rotatable bonds is 3. The molecule has 0 unspecified atom stereocenters. The minimum atomic E-state index is -1.09. The van der Waals surface area contributed by atoms with E-state index in [1.54, 1.807) is 20.8 Å². The Morgan fingerprint density at radius 3 is 2.41 bits per heavy atom. The fraction of sp³-hybridized carbons (Fsp3) is 0.455. The Balaban J connectivity index is 2.86. The molecule has 1 rings (SSSR count). The molecule has 0 aromatic carbocycles. The van der Waals surface area contributed by atoms with Gasteiger partial charge >= 0.3 is 5.97 Å². The molecule has 0 spiro atoms. The van der Waals surface area contributed by atoms with Crippen LogP contribution < -0.4 is 5.32 Å². The van der Waals surface area contributed by atoms with Crippen molar-refractivity contribution in [2.24, 2.45) is 5.41 Å². The molecule has 5 nitrogen and oxygen atoms in total. The van der Waals surface area contributed by atoms with Crippen LogP contribution in [-0.2, 0) is 4.79 Å². The third-order valence-corrected chi connectivity index (χ3v) is 2.54. The van der Waals surface area contributed by atoms with E-state index in [2.05, 4.69) is 5.32 Å². The number of aliphatic carboxylic acids is 1. The summed E-state index contributed by atoms with van der Waals surface area (Å²) in [6, 6.07) is 0.389. The van der Waals surface area contributed by atoms with Crippen LogP contribution >= 0.6 is 11.6 Å². The predicted molar refractivity (Wildman–Crippen MR) is 62.1 cm³/mol. The third kappa shape index (κ3) is 3.23. The summed E-state index contributed by atoms with van der Waals surface area (Å²) in [5.74, 6) is -1.66. The summed E-state index contributed by atoms with van der Waals surface area (Å²) in [5, 5.41) is 11.4. The van der Waals surface area contributed by atoms with Crippen LogP contribution in [0.15, 0.2) is 16.7 Å². The van der Waals surface area contributed by atoms with Gasteiger partial charge in [0.1, 0.15) is 6.04 Å². The van der Waals surface area contributed by atoms with E-state index in [1.165, 1.54) is 12.3 Å². The lowest BCUT2D eigenvalue weighted by atomic mass is 9.86. The molecule has 0 radical (unpaired) electrons. The Kier molecular flexibility index (Phi) is 3.83. The highest BCUT2D eigenvalue weighted by Gasteiger charge is 2.33. The number of nitrogens with one attached hydrogen (secondary N) is 1. The van der Waals surface area contributed by atoms with E-state index >= 15 is 0 Å². The maximum atomic E-state index is 11.8. The van der Waals surface area contributed by atoms with Crippen molar-refractivity contribution in [2.45, 2.75) is 26.8 Å². The maximum Gasteiger partial charge on any atom is 0.326 e. The molecule has 1 aromatic heterocycles. The lowest BCUT2D eigenvalue weighted by molar-refractivity contribution is -0.142. The molecule has 94 valence electrons. The molecule has 1 atom stereocenters. The molecule has 1 amide bonds. The van der Waals surface area contributed by atoms with E-state index in [4.69, 9.17) is 21.1 Å². The summed E-state index contributed by atoms with van der Waals surface area (Å²) in [5.41, 5.74) is -0.472. The number of furan rings is 1. The highest BCUT2D eigenvalue weighted by Crippen LogP contribution is 2.21. The second-order valence-corrected chi connectivity index (χ2v) is 5.06. The van der Waals surface area contributed by atoms with Crippen LogP contribution in [0.1, 0.15) is 31.1 Å². The van der Waals surface area contributed by atoms with E-state index < -0.39 is 23.3 Å². The van der Waals surface area contributed by atoms with Gasteiger partial charge in [0, 0.05) is 0 Å². The number of carboxylic acid groups (broad SMARTS) is 1. The van der Waals surface area contributed by atoms with E-state index in [0.717, 1.165) is 0 Å². The van der Waals surface area contributed by atoms with Gasteiger partial charge in [-0.15, -0.1) is 0 Å². The molecule has 0 fully saturated rings. The second kappa shape index (κ2) is 4.79. The molecule has 17 heavy (non-hydrogen) atoms. The third-order valence-electron chi connectivity index (χ3n) is 2.25. The van der Waals surface area contributed by atoms with Crippen LogP contribution in [0.5, 0.6) is 0 Å². The first-order valence-electron chi connectivity index (χ1n) is 5.00. The Hall–Kier alpha value is -1.49. The zero-order valence-corrected chi connectivity index (χ0v) is 10.5. The first-order valence-corrected chi connectivity index (χ1v) is 5.38. The number of carbonyl (C=O) groups excluding carboxylic acids is 1. The Morgan fingerprint density at radius 1 is 1.47 bits per heavy atom. The average Bonchev–Trinajstić information content (AvgIpc) is 2.58. The quantitative estimate of drug-likeness (QED) is 0.872. The van der Waals surface area contributed by atoms with E-state index in [1.807, 2.05) is 0 Å². The van der Waals surface area contributed by atoms with Crippen LogP contribution in [0.4, 0.5) is 0 Å². The molecule has 0 bridgehead atoms. The molecule has 6 heteroatoms. The van der Waals surface area contributed by atoms with Gasteiger partial charge in [0.15, 0.2) is 0 Å². The lowest BCUT2D eigenvalue weighted by Crippen LogP contribution is -2.49. The number of amides is 1. The summed E-state index contributed by atoms with van der Waals surface area (Å²) in [6.07, 6.45) is 1.27. The monoisotopic (exact) mass is 259 g/mol. The van der Waals surface area contributed by atoms with Crippen molar-refractivity contribution in [1.29, 1.82) is 0 Å². The van der Waals surface area contributed by atoms with Crippen molar-refractivity contribution in [3.05, 3.63) is 23.1 Å². The van der Waals surface area contributed by atoms with Gasteiger partial charge in [0.2, 0.25) is 5.22 Å². The smallest absolute Gasteiger partial charge is 0.326 e. The largest absolute Gasteiger partial charge is 0.480 e. The Bertz CT molecular complexity index is 433. The van der Waals surface area contributed by atoms with Crippen molar-refractivity contribution in [3.8, 4) is 0 Å². The van der Waals surface area contributed by atoms with Gasteiger partial charge in [0.05, 0.1) is 11.8 Å². The molecule has 0 aliphatic heterocycles. The molecular weight excluding hydrogens is 246 g/mol. The van der Waals surface area contributed by atoms with Crippen molar-refractivity contribution < 1.29 is 19.1 Å². The molecule has 0 saturated heterocycles. The van der Waals surface area contributed by atoms with Crippen molar-refractivity contribution in [1.82, 2.24) is 5.32 Å². The molecular formula is C11H14ClNO4. The molecule has 2 N–H and O–H groups in total. The highest BCUT2D eigenvalue weighted by atomic mass is 35.5. The molecule has 0 saturated carbocycles. The minimum Gasteiger partial charge on any atom is -0.480 e. The topological polar surface area (TPSA) is 79.5 Å². The first-order chi connectivity index (χ1) is 7.73. The van der Waals surface area contributed by atoms with Gasteiger partial charge in [0.25, 0.3) is 5.91 Å². The normalized spacial score (nSPS) is 13.2. The number of carbonyl (C=O) groups is 2. The number of carboxylic acids is 1. The predicted octanol–water partition coefficient (Wildman–Crippen LogP) is 2.16. The SMILES string of the molecule is CC(C)(C)[C@H](NC(=O)c1ccoc1Cl)C(=O)O. The summed E-state index contributed by atoms with van der Waals surface area (Å²) >= 11 is 5.64. The van der Waals surface area contributed by atoms with Gasteiger partial charge in [-0.1, -0.05) is 20.8 Å². The highest BCUT2D eigenvalue weighted by molar-refractivity contribution is 6.32. The summed E-state index contributed by atoms with van der Waals surface area (Å²) in [4.78, 5) is 22.8. The number of halogens is 1. The van der Waals surface area contributed by atoms with Crippen molar-refractivity contribution in [3.63, 3.8) is 0 Å². The van der Waals surface area contributed by atoms with Crippen LogP contribution in [0, 0.1) is 5.41 Å². The Labute approximate surface area is 104 Å². The summed E-state index contributed by atoms with van der Waals surface area (Å²) in [6.45, 7) is 5.18. The maximum absolute atomic E-state index is 11.8. The zero-order valence-electron chi connectivity index (χ0n) is 9.78. The van der Waals surface area contributed by atoms with E-state index in [9.17, 15) is 9.59 Å². The van der Waals surface area contributed by atoms with Gasteiger partial charge in [-0.05, 0) is 23.1 Å². The lowest BCUT2D eigenvalue weighted by Gasteiger charge is -2.27. The summed E-state index contributed by atoms with van der Waals surface area (Å²) < 4.78 is 4.77. The number of hydrogen-bond donors (Lipinski definition) is 2.